The average molecular weight is 569 g/mol. The third-order valence-corrected chi connectivity index (χ3v) is 8.45. The third-order valence-electron chi connectivity index (χ3n) is 6.81. The fraction of sp³-hybridized carbons (Fsp3) is 0.367. The average Bonchev–Trinajstić information content (AvgIpc) is 3.50. The second kappa shape index (κ2) is 14.3. The van der Waals surface area contributed by atoms with Gasteiger partial charge in [0.25, 0.3) is 10.0 Å². The number of nitrogens with zero attached hydrogens (tertiary/aromatic N) is 1. The van der Waals surface area contributed by atoms with Crippen LogP contribution in [0.25, 0.3) is 0 Å². The van der Waals surface area contributed by atoms with E-state index in [2.05, 4.69) is 5.32 Å². The summed E-state index contributed by atoms with van der Waals surface area (Å²) in [6.45, 7) is -0.328. The highest BCUT2D eigenvalue weighted by molar-refractivity contribution is 7.89. The molecule has 40 heavy (non-hydrogen) atoms. The molecule has 2 atom stereocenters. The molecule has 0 heterocycles. The quantitative estimate of drug-likeness (QED) is 0.293. The highest BCUT2D eigenvalue weighted by atomic mass is 32.2. The zero-order chi connectivity index (χ0) is 28.4. The predicted octanol–water partition coefficient (Wildman–Crippen LogP) is 4.46. The highest BCUT2D eigenvalue weighted by Crippen LogP contribution is 2.27. The van der Waals surface area contributed by atoms with E-state index in [0.29, 0.717) is 5.75 Å². The van der Waals surface area contributed by atoms with E-state index in [0.717, 1.165) is 41.3 Å². The van der Waals surface area contributed by atoms with Crippen LogP contribution in [0.15, 0.2) is 89.8 Å². The van der Waals surface area contributed by atoms with Crippen LogP contribution in [0.1, 0.15) is 36.8 Å². The standard InChI is InChI=1S/C30H36N2O7S/c1-37-25-16-18-27(19-17-25)40(35,36)32(39-26-14-8-9-15-26)21-29(33)28(20-23-10-4-2-5-11-23)31-30(34)38-22-24-12-6-3-7-13-24/h2-7,10-13,16-19,26,28-29,33H,8-9,14-15,20-22H2,1H3,(H,31,34)/t28-,29+/m0/s1. The molecule has 0 bridgehead atoms. The molecule has 9 nitrogen and oxygen atoms in total. The van der Waals surface area contributed by atoms with Gasteiger partial charge in [0, 0.05) is 0 Å². The van der Waals surface area contributed by atoms with Gasteiger partial charge in [0.05, 0.1) is 36.8 Å². The minimum absolute atomic E-state index is 0.00772. The smallest absolute Gasteiger partial charge is 0.407 e. The fourth-order valence-electron chi connectivity index (χ4n) is 4.57. The second-order valence-corrected chi connectivity index (χ2v) is 11.6. The van der Waals surface area contributed by atoms with Crippen molar-refractivity contribution in [3.8, 4) is 5.75 Å². The van der Waals surface area contributed by atoms with Crippen molar-refractivity contribution in [2.75, 3.05) is 13.7 Å². The van der Waals surface area contributed by atoms with E-state index in [1.165, 1.54) is 19.2 Å². The molecule has 0 unspecified atom stereocenters. The lowest BCUT2D eigenvalue weighted by Gasteiger charge is -2.30. The van der Waals surface area contributed by atoms with E-state index in [1.807, 2.05) is 60.7 Å². The molecule has 0 radical (unpaired) electrons. The number of sulfonamides is 1. The van der Waals surface area contributed by atoms with Crippen LogP contribution in [-0.4, -0.2) is 56.0 Å². The van der Waals surface area contributed by atoms with E-state index in [1.54, 1.807) is 12.1 Å². The zero-order valence-electron chi connectivity index (χ0n) is 22.5. The number of amides is 1. The summed E-state index contributed by atoms with van der Waals surface area (Å²) in [6.07, 6.45) is 1.28. The lowest BCUT2D eigenvalue weighted by atomic mass is 10.0. The maximum absolute atomic E-state index is 13.7. The summed E-state index contributed by atoms with van der Waals surface area (Å²) in [5.41, 5.74) is 1.68. The van der Waals surface area contributed by atoms with Crippen molar-refractivity contribution in [2.45, 2.75) is 61.9 Å². The number of hydroxylamine groups is 1. The molecule has 0 saturated heterocycles. The maximum atomic E-state index is 13.7. The highest BCUT2D eigenvalue weighted by Gasteiger charge is 2.34. The minimum atomic E-state index is -4.14. The lowest BCUT2D eigenvalue weighted by Crippen LogP contribution is -2.51. The molecule has 1 aliphatic carbocycles. The van der Waals surface area contributed by atoms with Crippen molar-refractivity contribution in [1.82, 2.24) is 9.79 Å². The van der Waals surface area contributed by atoms with Crippen LogP contribution in [0.2, 0.25) is 0 Å². The topological polar surface area (TPSA) is 114 Å². The van der Waals surface area contributed by atoms with Gasteiger partial charge in [-0.25, -0.2) is 13.2 Å². The number of carbonyl (C=O) groups is 1. The van der Waals surface area contributed by atoms with Gasteiger partial charge in [-0.05, 0) is 54.7 Å². The molecule has 10 heteroatoms. The van der Waals surface area contributed by atoms with E-state index < -0.39 is 28.3 Å². The van der Waals surface area contributed by atoms with Crippen molar-refractivity contribution in [2.24, 2.45) is 0 Å². The minimum Gasteiger partial charge on any atom is -0.497 e. The number of hydrogen-bond acceptors (Lipinski definition) is 7. The molecule has 0 aromatic heterocycles. The molecule has 1 aliphatic rings. The zero-order valence-corrected chi connectivity index (χ0v) is 23.3. The summed E-state index contributed by atoms with van der Waals surface area (Å²) in [5, 5.41) is 14.1. The molecule has 0 aliphatic heterocycles. The largest absolute Gasteiger partial charge is 0.497 e. The molecule has 3 aromatic carbocycles. The number of benzene rings is 3. The number of aliphatic hydroxyl groups is 1. The summed E-state index contributed by atoms with van der Waals surface area (Å²) < 4.78 is 38.7. The van der Waals surface area contributed by atoms with Crippen LogP contribution < -0.4 is 10.1 Å². The van der Waals surface area contributed by atoms with Gasteiger partial charge in [-0.1, -0.05) is 78.0 Å². The summed E-state index contributed by atoms with van der Waals surface area (Å²) in [5.74, 6) is 0.517. The SMILES string of the molecule is COc1ccc(S(=O)(=O)N(C[C@@H](O)[C@H](Cc2ccccc2)NC(=O)OCc2ccccc2)OC2CCCC2)cc1. The van der Waals surface area contributed by atoms with Crippen LogP contribution >= 0.6 is 0 Å². The van der Waals surface area contributed by atoms with Crippen molar-refractivity contribution in [1.29, 1.82) is 0 Å². The molecule has 3 aromatic rings. The molecular formula is C30H36N2O7S. The molecule has 4 rings (SSSR count). The fourth-order valence-corrected chi connectivity index (χ4v) is 5.87. The van der Waals surface area contributed by atoms with Crippen LogP contribution in [-0.2, 0) is 32.6 Å². The number of aliphatic hydroxyl groups excluding tert-OH is 1. The Morgan fingerprint density at radius 1 is 0.950 bits per heavy atom. The second-order valence-electron chi connectivity index (χ2n) is 9.75. The Hall–Kier alpha value is -3.44. The Bertz CT molecular complexity index is 1300. The Kier molecular flexibility index (Phi) is 10.5. The monoisotopic (exact) mass is 568 g/mol. The molecule has 0 spiro atoms. The summed E-state index contributed by atoms with van der Waals surface area (Å²) in [6, 6.07) is 23.7. The normalized spacial score (nSPS) is 15.5. The third kappa shape index (κ3) is 8.28. The summed E-state index contributed by atoms with van der Waals surface area (Å²) >= 11 is 0. The Morgan fingerprint density at radius 3 is 2.15 bits per heavy atom. The molecular weight excluding hydrogens is 532 g/mol. The molecule has 214 valence electrons. The van der Waals surface area contributed by atoms with Crippen LogP contribution in [0.3, 0.4) is 0 Å². The Balaban J connectivity index is 1.53. The van der Waals surface area contributed by atoms with Crippen LogP contribution in [0.4, 0.5) is 4.79 Å². The summed E-state index contributed by atoms with van der Waals surface area (Å²) in [7, 11) is -2.64. The van der Waals surface area contributed by atoms with Gasteiger partial charge in [-0.3, -0.25) is 4.84 Å². The number of ether oxygens (including phenoxy) is 2. The van der Waals surface area contributed by atoms with Crippen molar-refractivity contribution in [3.63, 3.8) is 0 Å². The van der Waals surface area contributed by atoms with Crippen LogP contribution in [0.5, 0.6) is 5.75 Å². The number of hydrogen-bond donors (Lipinski definition) is 2. The van der Waals surface area contributed by atoms with Gasteiger partial charge in [-0.15, -0.1) is 0 Å². The van der Waals surface area contributed by atoms with Gasteiger partial charge in [-0.2, -0.15) is 0 Å². The number of methoxy groups -OCH3 is 1. The number of carbonyl (C=O) groups excluding carboxylic acids is 1. The van der Waals surface area contributed by atoms with E-state index in [9.17, 15) is 18.3 Å². The summed E-state index contributed by atoms with van der Waals surface area (Å²) in [4.78, 5) is 18.7. The molecule has 1 amide bonds. The van der Waals surface area contributed by atoms with Crippen LogP contribution in [0, 0.1) is 0 Å². The van der Waals surface area contributed by atoms with Gasteiger partial charge in [0.15, 0.2) is 0 Å². The first-order valence-electron chi connectivity index (χ1n) is 13.4. The van der Waals surface area contributed by atoms with Crippen molar-refractivity contribution in [3.05, 3.63) is 96.1 Å². The number of alkyl carbamates (subject to hydrolysis) is 1. The first-order chi connectivity index (χ1) is 19.3. The first kappa shape index (κ1) is 29.5. The molecule has 2 N–H and O–H groups in total. The van der Waals surface area contributed by atoms with E-state index in [4.69, 9.17) is 14.3 Å². The number of nitrogens with one attached hydrogen (secondary N) is 1. The lowest BCUT2D eigenvalue weighted by molar-refractivity contribution is -0.145. The van der Waals surface area contributed by atoms with Gasteiger partial charge in [0.2, 0.25) is 0 Å². The van der Waals surface area contributed by atoms with Gasteiger partial charge >= 0.3 is 6.09 Å². The Labute approximate surface area is 235 Å². The molecule has 1 saturated carbocycles. The van der Waals surface area contributed by atoms with Crippen molar-refractivity contribution >= 4 is 16.1 Å². The predicted molar refractivity (Wildman–Crippen MR) is 150 cm³/mol. The first-order valence-corrected chi connectivity index (χ1v) is 14.8. The van der Waals surface area contributed by atoms with Gasteiger partial charge < -0.3 is 19.9 Å². The number of rotatable bonds is 13. The van der Waals surface area contributed by atoms with Crippen molar-refractivity contribution < 1.29 is 32.6 Å². The van der Waals surface area contributed by atoms with Gasteiger partial charge in [0.1, 0.15) is 12.4 Å². The molecule has 1 fully saturated rings. The van der Waals surface area contributed by atoms with E-state index >= 15 is 0 Å². The maximum Gasteiger partial charge on any atom is 0.407 e. The van der Waals surface area contributed by atoms with E-state index in [-0.39, 0.29) is 30.6 Å². The Morgan fingerprint density at radius 2 is 1.55 bits per heavy atom.